The van der Waals surface area contributed by atoms with Crippen LogP contribution in [0.1, 0.15) is 16.8 Å². The normalized spacial score (nSPS) is 10.5. The average Bonchev–Trinajstić information content (AvgIpc) is 2.77. The first-order valence-corrected chi connectivity index (χ1v) is 5.17. The van der Waals surface area contributed by atoms with Gasteiger partial charge in [0.2, 0.25) is 0 Å². The fraction of sp³-hybridized carbons (Fsp3) is 0.333. The lowest BCUT2D eigenvalue weighted by atomic mass is 10.1. The molecule has 4 heteroatoms. The Hall–Kier alpha value is -1.84. The van der Waals surface area contributed by atoms with Crippen molar-refractivity contribution in [3.05, 3.63) is 35.3 Å². The third-order valence-corrected chi connectivity index (χ3v) is 2.76. The van der Waals surface area contributed by atoms with Crippen LogP contribution in [0.3, 0.4) is 0 Å². The van der Waals surface area contributed by atoms with Gasteiger partial charge in [0.1, 0.15) is 5.75 Å². The SMILES string of the molecule is COc1c(C)c(C)nc(-n2cccn2)c1C. The first-order valence-electron chi connectivity index (χ1n) is 5.17. The van der Waals surface area contributed by atoms with Gasteiger partial charge < -0.3 is 4.74 Å². The van der Waals surface area contributed by atoms with Crippen molar-refractivity contribution in [3.63, 3.8) is 0 Å². The van der Waals surface area contributed by atoms with Gasteiger partial charge >= 0.3 is 0 Å². The van der Waals surface area contributed by atoms with Crippen molar-refractivity contribution in [2.45, 2.75) is 20.8 Å². The van der Waals surface area contributed by atoms with Crippen LogP contribution in [-0.4, -0.2) is 21.9 Å². The molecule has 16 heavy (non-hydrogen) atoms. The number of ether oxygens (including phenoxy) is 1. The number of methoxy groups -OCH3 is 1. The molecule has 0 aromatic carbocycles. The average molecular weight is 217 g/mol. The molecule has 0 saturated heterocycles. The molecule has 0 spiro atoms. The van der Waals surface area contributed by atoms with Crippen LogP contribution in [0, 0.1) is 20.8 Å². The van der Waals surface area contributed by atoms with Gasteiger partial charge in [-0.2, -0.15) is 5.10 Å². The second-order valence-corrected chi connectivity index (χ2v) is 3.75. The molecule has 0 saturated carbocycles. The summed E-state index contributed by atoms with van der Waals surface area (Å²) in [6, 6.07) is 1.88. The van der Waals surface area contributed by atoms with E-state index in [2.05, 4.69) is 10.1 Å². The van der Waals surface area contributed by atoms with Crippen molar-refractivity contribution in [2.24, 2.45) is 0 Å². The van der Waals surface area contributed by atoms with E-state index in [1.54, 1.807) is 18.0 Å². The van der Waals surface area contributed by atoms with E-state index in [0.29, 0.717) is 0 Å². The molecule has 0 bridgehead atoms. The molecule has 0 N–H and O–H groups in total. The zero-order chi connectivity index (χ0) is 11.7. The Morgan fingerprint density at radius 1 is 1.19 bits per heavy atom. The van der Waals surface area contributed by atoms with Crippen molar-refractivity contribution in [2.75, 3.05) is 7.11 Å². The van der Waals surface area contributed by atoms with Crippen LogP contribution in [0.15, 0.2) is 18.5 Å². The highest BCUT2D eigenvalue weighted by Crippen LogP contribution is 2.28. The molecule has 0 fully saturated rings. The van der Waals surface area contributed by atoms with E-state index >= 15 is 0 Å². The van der Waals surface area contributed by atoms with Crippen LogP contribution in [0.2, 0.25) is 0 Å². The number of aryl methyl sites for hydroxylation is 1. The fourth-order valence-corrected chi connectivity index (χ4v) is 1.80. The maximum atomic E-state index is 5.41. The van der Waals surface area contributed by atoms with E-state index in [4.69, 9.17) is 4.74 Å². The summed E-state index contributed by atoms with van der Waals surface area (Å²) in [6.07, 6.45) is 3.62. The molecule has 2 aromatic rings. The number of pyridine rings is 1. The minimum Gasteiger partial charge on any atom is -0.496 e. The summed E-state index contributed by atoms with van der Waals surface area (Å²) >= 11 is 0. The van der Waals surface area contributed by atoms with Gasteiger partial charge in [0, 0.05) is 29.2 Å². The van der Waals surface area contributed by atoms with E-state index in [1.165, 1.54) is 0 Å². The molecule has 2 rings (SSSR count). The van der Waals surface area contributed by atoms with Gasteiger partial charge in [-0.25, -0.2) is 9.67 Å². The lowest BCUT2D eigenvalue weighted by Gasteiger charge is -2.14. The predicted octanol–water partition coefficient (Wildman–Crippen LogP) is 2.20. The molecule has 2 heterocycles. The number of hydrogen-bond acceptors (Lipinski definition) is 3. The summed E-state index contributed by atoms with van der Waals surface area (Å²) in [4.78, 5) is 4.54. The molecular formula is C12H15N3O. The summed E-state index contributed by atoms with van der Waals surface area (Å²) in [7, 11) is 1.68. The Morgan fingerprint density at radius 2 is 1.94 bits per heavy atom. The lowest BCUT2D eigenvalue weighted by molar-refractivity contribution is 0.406. The van der Waals surface area contributed by atoms with E-state index < -0.39 is 0 Å². The van der Waals surface area contributed by atoms with Crippen molar-refractivity contribution in [1.82, 2.24) is 14.8 Å². The van der Waals surface area contributed by atoms with Gasteiger partial charge in [0.15, 0.2) is 5.82 Å². The van der Waals surface area contributed by atoms with Gasteiger partial charge in [-0.05, 0) is 26.8 Å². The smallest absolute Gasteiger partial charge is 0.160 e. The Bertz CT molecular complexity index is 503. The highest BCUT2D eigenvalue weighted by molar-refractivity contribution is 5.50. The summed E-state index contributed by atoms with van der Waals surface area (Å²) in [6.45, 7) is 5.99. The second-order valence-electron chi connectivity index (χ2n) is 3.75. The van der Waals surface area contributed by atoms with Crippen LogP contribution in [0.4, 0.5) is 0 Å². The number of rotatable bonds is 2. The Morgan fingerprint density at radius 3 is 2.50 bits per heavy atom. The molecule has 0 aliphatic rings. The molecule has 84 valence electrons. The first-order chi connectivity index (χ1) is 7.65. The molecule has 0 aliphatic carbocycles. The molecule has 0 atom stereocenters. The maximum Gasteiger partial charge on any atom is 0.160 e. The van der Waals surface area contributed by atoms with Crippen LogP contribution in [0.5, 0.6) is 5.75 Å². The van der Waals surface area contributed by atoms with Crippen LogP contribution >= 0.6 is 0 Å². The Kier molecular flexibility index (Phi) is 2.64. The molecule has 2 aromatic heterocycles. The summed E-state index contributed by atoms with van der Waals surface area (Å²) in [5.41, 5.74) is 3.05. The maximum absolute atomic E-state index is 5.41. The summed E-state index contributed by atoms with van der Waals surface area (Å²) < 4.78 is 7.17. The second kappa shape index (κ2) is 3.96. The van der Waals surface area contributed by atoms with Crippen LogP contribution in [0.25, 0.3) is 5.82 Å². The minimum atomic E-state index is 0.824. The van der Waals surface area contributed by atoms with Gasteiger partial charge in [-0.3, -0.25) is 0 Å². The van der Waals surface area contributed by atoms with Gasteiger partial charge in [-0.15, -0.1) is 0 Å². The lowest BCUT2D eigenvalue weighted by Crippen LogP contribution is -2.06. The first kappa shape index (κ1) is 10.7. The van der Waals surface area contributed by atoms with E-state index in [9.17, 15) is 0 Å². The summed E-state index contributed by atoms with van der Waals surface area (Å²) in [5.74, 6) is 1.71. The number of aromatic nitrogens is 3. The zero-order valence-corrected chi connectivity index (χ0v) is 9.98. The molecule has 0 unspecified atom stereocenters. The largest absolute Gasteiger partial charge is 0.496 e. The quantitative estimate of drug-likeness (QED) is 0.774. The van der Waals surface area contributed by atoms with Crippen LogP contribution in [-0.2, 0) is 0 Å². The molecular weight excluding hydrogens is 202 g/mol. The molecule has 0 aliphatic heterocycles. The number of hydrogen-bond donors (Lipinski definition) is 0. The van der Waals surface area contributed by atoms with E-state index in [1.807, 2.05) is 33.0 Å². The predicted molar refractivity (Wildman–Crippen MR) is 62.1 cm³/mol. The third-order valence-electron chi connectivity index (χ3n) is 2.76. The topological polar surface area (TPSA) is 39.9 Å². The van der Waals surface area contributed by atoms with Crippen molar-refractivity contribution < 1.29 is 4.74 Å². The van der Waals surface area contributed by atoms with Gasteiger partial charge in [0.05, 0.1) is 7.11 Å². The molecule has 4 nitrogen and oxygen atoms in total. The van der Waals surface area contributed by atoms with Crippen molar-refractivity contribution >= 4 is 0 Å². The Balaban J connectivity index is 2.68. The monoisotopic (exact) mass is 217 g/mol. The fourth-order valence-electron chi connectivity index (χ4n) is 1.80. The third kappa shape index (κ3) is 1.56. The molecule has 0 radical (unpaired) electrons. The number of nitrogens with zero attached hydrogens (tertiary/aromatic N) is 3. The van der Waals surface area contributed by atoms with Crippen molar-refractivity contribution in [3.8, 4) is 11.6 Å². The van der Waals surface area contributed by atoms with Gasteiger partial charge in [0.25, 0.3) is 0 Å². The minimum absolute atomic E-state index is 0.824. The van der Waals surface area contributed by atoms with E-state index in [0.717, 1.165) is 28.4 Å². The highest BCUT2D eigenvalue weighted by atomic mass is 16.5. The zero-order valence-electron chi connectivity index (χ0n) is 9.98. The molecule has 0 amide bonds. The highest BCUT2D eigenvalue weighted by Gasteiger charge is 2.13. The standard InChI is InChI=1S/C12H15N3O/c1-8-10(3)14-12(9(2)11(8)16-4)15-7-5-6-13-15/h5-7H,1-4H3. The van der Waals surface area contributed by atoms with Crippen LogP contribution < -0.4 is 4.74 Å². The Labute approximate surface area is 94.9 Å². The van der Waals surface area contributed by atoms with Gasteiger partial charge in [-0.1, -0.05) is 0 Å². The summed E-state index contributed by atoms with van der Waals surface area (Å²) in [5, 5.41) is 4.19. The van der Waals surface area contributed by atoms with E-state index in [-0.39, 0.29) is 0 Å². The van der Waals surface area contributed by atoms with Crippen molar-refractivity contribution in [1.29, 1.82) is 0 Å².